The number of rotatable bonds is 4. The van der Waals surface area contributed by atoms with Crippen molar-refractivity contribution in [2.24, 2.45) is 5.73 Å². The van der Waals surface area contributed by atoms with Gasteiger partial charge in [-0.1, -0.05) is 11.6 Å². The number of carbonyl (C=O) groups is 1. The van der Waals surface area contributed by atoms with Gasteiger partial charge in [0.25, 0.3) is 5.91 Å². The third kappa shape index (κ3) is 3.28. The molecular weight excluding hydrogens is 332 g/mol. The molecule has 0 aliphatic heterocycles. The second-order valence-electron chi connectivity index (χ2n) is 4.52. The molecule has 0 spiro atoms. The fourth-order valence-corrected chi connectivity index (χ4v) is 2.53. The Labute approximate surface area is 125 Å². The molecule has 1 aliphatic carbocycles. The van der Waals surface area contributed by atoms with Crippen molar-refractivity contribution in [3.63, 3.8) is 0 Å². The first kappa shape index (κ1) is 14.8. The third-order valence-corrected chi connectivity index (χ3v) is 4.46. The zero-order chi connectivity index (χ0) is 14.0. The minimum absolute atomic E-state index is 0.00914. The van der Waals surface area contributed by atoms with Gasteiger partial charge in [0.1, 0.15) is 0 Å². The summed E-state index contributed by atoms with van der Waals surface area (Å²) in [4.78, 5) is 12.1. The van der Waals surface area contributed by atoms with Crippen LogP contribution in [0.25, 0.3) is 0 Å². The molecule has 0 heterocycles. The normalized spacial score (nSPS) is 25.8. The van der Waals surface area contributed by atoms with Crippen LogP contribution in [0.5, 0.6) is 0 Å². The monoisotopic (exact) mass is 346 g/mol. The van der Waals surface area contributed by atoms with Gasteiger partial charge in [-0.3, -0.25) is 4.79 Å². The zero-order valence-corrected chi connectivity index (χ0v) is 12.9. The van der Waals surface area contributed by atoms with Crippen LogP contribution >= 0.6 is 27.5 Å². The molecule has 2 rings (SSSR count). The van der Waals surface area contributed by atoms with Gasteiger partial charge in [-0.25, -0.2) is 0 Å². The van der Waals surface area contributed by atoms with Gasteiger partial charge >= 0.3 is 0 Å². The molecule has 1 saturated carbocycles. The van der Waals surface area contributed by atoms with E-state index >= 15 is 0 Å². The highest BCUT2D eigenvalue weighted by atomic mass is 79.9. The molecule has 1 aromatic rings. The van der Waals surface area contributed by atoms with Crippen LogP contribution < -0.4 is 11.1 Å². The molecule has 1 fully saturated rings. The maximum absolute atomic E-state index is 12.1. The van der Waals surface area contributed by atoms with Crippen LogP contribution in [0.15, 0.2) is 22.7 Å². The van der Waals surface area contributed by atoms with E-state index in [-0.39, 0.29) is 24.1 Å². The zero-order valence-electron chi connectivity index (χ0n) is 10.5. The number of nitrogens with two attached hydrogens (primary N) is 1. The minimum atomic E-state index is -0.181. The molecule has 0 radical (unpaired) electrons. The molecule has 0 bridgehead atoms. The summed E-state index contributed by atoms with van der Waals surface area (Å²) in [6.45, 7) is 2.55. The molecule has 3 atom stereocenters. The number of ether oxygens (including phenoxy) is 1. The number of amides is 1. The maximum atomic E-state index is 12.1. The number of hydrogen-bond donors (Lipinski definition) is 2. The Bertz CT molecular complexity index is 482. The molecular formula is C13H16BrClN2O2. The van der Waals surface area contributed by atoms with E-state index in [4.69, 9.17) is 22.1 Å². The van der Waals surface area contributed by atoms with E-state index in [2.05, 4.69) is 21.2 Å². The molecule has 0 saturated heterocycles. The summed E-state index contributed by atoms with van der Waals surface area (Å²) < 4.78 is 6.27. The highest BCUT2D eigenvalue weighted by Crippen LogP contribution is 2.25. The fourth-order valence-electron chi connectivity index (χ4n) is 2.10. The van der Waals surface area contributed by atoms with Gasteiger partial charge in [0.2, 0.25) is 0 Å². The van der Waals surface area contributed by atoms with Crippen molar-refractivity contribution < 1.29 is 9.53 Å². The van der Waals surface area contributed by atoms with E-state index in [1.807, 2.05) is 6.92 Å². The molecule has 6 heteroatoms. The minimum Gasteiger partial charge on any atom is -0.376 e. The van der Waals surface area contributed by atoms with E-state index in [1.54, 1.807) is 18.2 Å². The van der Waals surface area contributed by atoms with Crippen LogP contribution in [0.1, 0.15) is 23.7 Å². The second kappa shape index (κ2) is 6.22. The van der Waals surface area contributed by atoms with Gasteiger partial charge in [0.15, 0.2) is 0 Å². The maximum Gasteiger partial charge on any atom is 0.251 e. The van der Waals surface area contributed by atoms with Crippen LogP contribution in [0.4, 0.5) is 0 Å². The average molecular weight is 348 g/mol. The smallest absolute Gasteiger partial charge is 0.251 e. The molecule has 1 amide bonds. The molecule has 104 valence electrons. The van der Waals surface area contributed by atoms with Crippen LogP contribution in [-0.4, -0.2) is 30.7 Å². The number of halogens is 2. The van der Waals surface area contributed by atoms with E-state index in [9.17, 15) is 4.79 Å². The Kier molecular flexibility index (Phi) is 4.84. The fraction of sp³-hybridized carbons (Fsp3) is 0.462. The van der Waals surface area contributed by atoms with Crippen molar-refractivity contribution in [3.8, 4) is 0 Å². The van der Waals surface area contributed by atoms with Crippen LogP contribution in [0, 0.1) is 0 Å². The van der Waals surface area contributed by atoms with Gasteiger partial charge in [-0.15, -0.1) is 0 Å². The van der Waals surface area contributed by atoms with E-state index in [0.29, 0.717) is 17.2 Å². The lowest BCUT2D eigenvalue weighted by Gasteiger charge is -2.42. The summed E-state index contributed by atoms with van der Waals surface area (Å²) in [5.74, 6) is -0.181. The lowest BCUT2D eigenvalue weighted by Crippen LogP contribution is -2.64. The summed E-state index contributed by atoms with van der Waals surface area (Å²) in [5, 5.41) is 3.41. The third-order valence-electron chi connectivity index (χ3n) is 3.23. The van der Waals surface area contributed by atoms with Gasteiger partial charge in [0, 0.05) is 22.7 Å². The lowest BCUT2D eigenvalue weighted by atomic mass is 9.83. The van der Waals surface area contributed by atoms with Crippen LogP contribution in [0.3, 0.4) is 0 Å². The molecule has 0 aromatic heterocycles. The van der Waals surface area contributed by atoms with Crippen molar-refractivity contribution in [2.75, 3.05) is 6.61 Å². The number of hydrogen-bond acceptors (Lipinski definition) is 3. The lowest BCUT2D eigenvalue weighted by molar-refractivity contribution is -0.0300. The van der Waals surface area contributed by atoms with Gasteiger partial charge < -0.3 is 15.8 Å². The first-order chi connectivity index (χ1) is 9.02. The SMILES string of the molecule is CCOC1CC(N)C1NC(=O)c1ccc(Br)c(Cl)c1. The van der Waals surface area contributed by atoms with Gasteiger partial charge in [-0.2, -0.15) is 0 Å². The topological polar surface area (TPSA) is 64.3 Å². The molecule has 3 unspecified atom stereocenters. The Morgan fingerprint density at radius 1 is 1.63 bits per heavy atom. The summed E-state index contributed by atoms with van der Waals surface area (Å²) in [6.07, 6.45) is 0.787. The summed E-state index contributed by atoms with van der Waals surface area (Å²) >= 11 is 9.26. The molecule has 3 N–H and O–H groups in total. The standard InChI is InChI=1S/C13H16BrClN2O2/c1-2-19-11-6-10(16)12(11)17-13(18)7-3-4-8(14)9(15)5-7/h3-5,10-12H,2,6,16H2,1H3,(H,17,18). The van der Waals surface area contributed by atoms with E-state index in [1.165, 1.54) is 0 Å². The van der Waals surface area contributed by atoms with Crippen molar-refractivity contribution in [2.45, 2.75) is 31.5 Å². The van der Waals surface area contributed by atoms with Gasteiger partial charge in [0.05, 0.1) is 17.2 Å². The summed E-state index contributed by atoms with van der Waals surface area (Å²) in [5.41, 5.74) is 6.41. The number of benzene rings is 1. The number of nitrogens with one attached hydrogen (secondary N) is 1. The Morgan fingerprint density at radius 3 is 2.95 bits per heavy atom. The van der Waals surface area contributed by atoms with Crippen molar-refractivity contribution >= 4 is 33.4 Å². The first-order valence-corrected chi connectivity index (χ1v) is 7.33. The average Bonchev–Trinajstić information content (AvgIpc) is 2.38. The molecule has 4 nitrogen and oxygen atoms in total. The van der Waals surface area contributed by atoms with Crippen LogP contribution in [-0.2, 0) is 4.74 Å². The molecule has 1 aliphatic rings. The predicted molar refractivity (Wildman–Crippen MR) is 78.4 cm³/mol. The largest absolute Gasteiger partial charge is 0.376 e. The van der Waals surface area contributed by atoms with Crippen molar-refractivity contribution in [3.05, 3.63) is 33.3 Å². The molecule has 19 heavy (non-hydrogen) atoms. The Morgan fingerprint density at radius 2 is 2.37 bits per heavy atom. The van der Waals surface area contributed by atoms with Gasteiger partial charge in [-0.05, 0) is 47.5 Å². The van der Waals surface area contributed by atoms with E-state index in [0.717, 1.165) is 10.9 Å². The second-order valence-corrected chi connectivity index (χ2v) is 5.78. The van der Waals surface area contributed by atoms with Crippen LogP contribution in [0.2, 0.25) is 5.02 Å². The quantitative estimate of drug-likeness (QED) is 0.878. The van der Waals surface area contributed by atoms with Crippen molar-refractivity contribution in [1.29, 1.82) is 0 Å². The Hall–Kier alpha value is -0.620. The Balaban J connectivity index is 2.02. The molecule has 1 aromatic carbocycles. The highest BCUT2D eigenvalue weighted by molar-refractivity contribution is 9.10. The summed E-state index contributed by atoms with van der Waals surface area (Å²) in [6, 6.07) is 4.91. The highest BCUT2D eigenvalue weighted by Gasteiger charge is 2.40. The van der Waals surface area contributed by atoms with Crippen molar-refractivity contribution in [1.82, 2.24) is 5.32 Å². The number of carbonyl (C=O) groups excluding carboxylic acids is 1. The van der Waals surface area contributed by atoms with E-state index < -0.39 is 0 Å². The summed E-state index contributed by atoms with van der Waals surface area (Å²) in [7, 11) is 0. The first-order valence-electron chi connectivity index (χ1n) is 6.16. The predicted octanol–water partition coefficient (Wildman–Crippen LogP) is 2.34.